The van der Waals surface area contributed by atoms with Gasteiger partial charge in [0.05, 0.1) is 30.3 Å². The van der Waals surface area contributed by atoms with Gasteiger partial charge in [0.15, 0.2) is 0 Å². The van der Waals surface area contributed by atoms with Crippen LogP contribution in [0.1, 0.15) is 6.42 Å². The Labute approximate surface area is 162 Å². The highest BCUT2D eigenvalue weighted by Crippen LogP contribution is 2.31. The molecule has 2 aromatic carbocycles. The largest absolute Gasteiger partial charge is 0.378 e. The number of carbonyl (C=O) groups excluding carboxylic acids is 2. The molecule has 0 aliphatic carbocycles. The number of carbonyl (C=O) groups is 2. The third kappa shape index (κ3) is 3.63. The minimum atomic E-state index is -0.594. The molecule has 2 fully saturated rings. The molecule has 2 aromatic rings. The summed E-state index contributed by atoms with van der Waals surface area (Å²) in [6, 6.07) is 14.2. The quantitative estimate of drug-likeness (QED) is 0.820. The van der Waals surface area contributed by atoms with Crippen LogP contribution in [0.15, 0.2) is 48.5 Å². The predicted octanol–water partition coefficient (Wildman–Crippen LogP) is 2.92. The number of ether oxygens (including phenoxy) is 1. The number of hydrogen-bond donors (Lipinski definition) is 1. The van der Waals surface area contributed by atoms with Gasteiger partial charge in [-0.2, -0.15) is 0 Å². The van der Waals surface area contributed by atoms with Crippen LogP contribution in [-0.2, 0) is 14.3 Å². The number of anilines is 3. The first-order valence-corrected chi connectivity index (χ1v) is 9.32. The van der Waals surface area contributed by atoms with Crippen molar-refractivity contribution in [3.63, 3.8) is 0 Å². The van der Waals surface area contributed by atoms with Gasteiger partial charge in [0.2, 0.25) is 5.91 Å². The molecule has 1 N–H and O–H groups in total. The van der Waals surface area contributed by atoms with Gasteiger partial charge in [-0.25, -0.2) is 4.90 Å². The molecule has 1 atom stereocenters. The topological polar surface area (TPSA) is 61.9 Å². The van der Waals surface area contributed by atoms with E-state index in [-0.39, 0.29) is 18.2 Å². The van der Waals surface area contributed by atoms with Crippen molar-refractivity contribution in [2.75, 3.05) is 41.4 Å². The maximum atomic E-state index is 12.7. The van der Waals surface area contributed by atoms with Crippen molar-refractivity contribution in [2.45, 2.75) is 12.5 Å². The Morgan fingerprint density at radius 2 is 1.70 bits per heavy atom. The molecule has 140 valence electrons. The first kappa shape index (κ1) is 17.8. The summed E-state index contributed by atoms with van der Waals surface area (Å²) in [5, 5.41) is 3.56. The molecule has 7 heteroatoms. The van der Waals surface area contributed by atoms with Crippen LogP contribution in [0.5, 0.6) is 0 Å². The summed E-state index contributed by atoms with van der Waals surface area (Å²) >= 11 is 6.15. The highest BCUT2D eigenvalue weighted by atomic mass is 35.5. The molecule has 27 heavy (non-hydrogen) atoms. The molecule has 2 aliphatic heterocycles. The second kappa shape index (κ2) is 7.58. The Morgan fingerprint density at radius 3 is 2.41 bits per heavy atom. The number of nitrogens with one attached hydrogen (secondary N) is 1. The Hall–Kier alpha value is -2.57. The zero-order chi connectivity index (χ0) is 18.8. The number of hydrogen-bond acceptors (Lipinski definition) is 5. The van der Waals surface area contributed by atoms with Crippen molar-refractivity contribution in [1.29, 1.82) is 0 Å². The minimum absolute atomic E-state index is 0.106. The third-order valence-electron chi connectivity index (χ3n) is 4.82. The second-order valence-electron chi connectivity index (χ2n) is 6.57. The summed E-state index contributed by atoms with van der Waals surface area (Å²) in [6.45, 7) is 3.21. The van der Waals surface area contributed by atoms with Crippen LogP contribution in [0.3, 0.4) is 0 Å². The van der Waals surface area contributed by atoms with Crippen LogP contribution in [-0.4, -0.2) is 44.2 Å². The molecule has 2 aliphatic rings. The average molecular weight is 386 g/mol. The number of amides is 2. The van der Waals surface area contributed by atoms with Gasteiger partial charge in [-0.15, -0.1) is 0 Å². The van der Waals surface area contributed by atoms with Gasteiger partial charge in [0.1, 0.15) is 6.04 Å². The number of imide groups is 1. The van der Waals surface area contributed by atoms with E-state index < -0.39 is 6.04 Å². The lowest BCUT2D eigenvalue weighted by atomic mass is 10.2. The lowest BCUT2D eigenvalue weighted by Crippen LogP contribution is -2.36. The number of benzene rings is 2. The summed E-state index contributed by atoms with van der Waals surface area (Å²) in [5.74, 6) is -0.541. The molecule has 0 radical (unpaired) electrons. The monoisotopic (exact) mass is 385 g/mol. The molecular formula is C20H20ClN3O3. The molecule has 2 saturated heterocycles. The zero-order valence-corrected chi connectivity index (χ0v) is 15.5. The molecule has 4 rings (SSSR count). The Kier molecular flexibility index (Phi) is 5.01. The molecule has 2 amide bonds. The van der Waals surface area contributed by atoms with E-state index in [0.717, 1.165) is 37.7 Å². The van der Waals surface area contributed by atoms with E-state index in [1.165, 1.54) is 4.90 Å². The standard InChI is InChI=1S/C20H20ClN3O3/c21-16-3-1-2-4-18(16)24-19(25)13-17(20(24)26)22-14-5-7-15(8-6-14)23-9-11-27-12-10-23/h1-8,17,22H,9-13H2. The molecule has 1 unspecified atom stereocenters. The van der Waals surface area contributed by atoms with Crippen molar-refractivity contribution >= 4 is 40.5 Å². The highest BCUT2D eigenvalue weighted by molar-refractivity contribution is 6.36. The maximum Gasteiger partial charge on any atom is 0.256 e. The Morgan fingerprint density at radius 1 is 1.00 bits per heavy atom. The van der Waals surface area contributed by atoms with Gasteiger partial charge in [0, 0.05) is 24.5 Å². The average Bonchev–Trinajstić information content (AvgIpc) is 2.97. The van der Waals surface area contributed by atoms with Crippen LogP contribution in [0, 0.1) is 0 Å². The first-order chi connectivity index (χ1) is 13.1. The fraction of sp³-hybridized carbons (Fsp3) is 0.300. The van der Waals surface area contributed by atoms with Crippen molar-refractivity contribution in [3.05, 3.63) is 53.6 Å². The van der Waals surface area contributed by atoms with E-state index in [9.17, 15) is 9.59 Å². The van der Waals surface area contributed by atoms with Crippen molar-refractivity contribution in [1.82, 2.24) is 0 Å². The molecule has 0 bridgehead atoms. The van der Waals surface area contributed by atoms with E-state index in [2.05, 4.69) is 10.2 Å². The van der Waals surface area contributed by atoms with E-state index in [4.69, 9.17) is 16.3 Å². The molecule has 0 aromatic heterocycles. The molecule has 6 nitrogen and oxygen atoms in total. The van der Waals surface area contributed by atoms with Gasteiger partial charge < -0.3 is 15.0 Å². The number of halogens is 1. The number of para-hydroxylation sites is 1. The molecular weight excluding hydrogens is 366 g/mol. The summed E-state index contributed by atoms with van der Waals surface area (Å²) in [4.78, 5) is 28.6. The van der Waals surface area contributed by atoms with Crippen LogP contribution < -0.4 is 15.1 Å². The first-order valence-electron chi connectivity index (χ1n) is 8.94. The van der Waals surface area contributed by atoms with Crippen LogP contribution in [0.2, 0.25) is 5.02 Å². The van der Waals surface area contributed by atoms with Crippen LogP contribution >= 0.6 is 11.6 Å². The van der Waals surface area contributed by atoms with Crippen molar-refractivity contribution in [3.8, 4) is 0 Å². The van der Waals surface area contributed by atoms with E-state index in [0.29, 0.717) is 10.7 Å². The summed E-state index contributed by atoms with van der Waals surface area (Å²) in [6.07, 6.45) is 0.106. The van der Waals surface area contributed by atoms with Crippen LogP contribution in [0.4, 0.5) is 17.1 Å². The number of nitrogens with zero attached hydrogens (tertiary/aromatic N) is 2. The van der Waals surface area contributed by atoms with E-state index >= 15 is 0 Å². The maximum absolute atomic E-state index is 12.7. The zero-order valence-electron chi connectivity index (χ0n) is 14.7. The van der Waals surface area contributed by atoms with Crippen LogP contribution in [0.25, 0.3) is 0 Å². The smallest absolute Gasteiger partial charge is 0.256 e. The third-order valence-corrected chi connectivity index (χ3v) is 5.14. The predicted molar refractivity (Wildman–Crippen MR) is 105 cm³/mol. The van der Waals surface area contributed by atoms with E-state index in [1.54, 1.807) is 24.3 Å². The van der Waals surface area contributed by atoms with Gasteiger partial charge in [-0.1, -0.05) is 23.7 Å². The lowest BCUT2D eigenvalue weighted by Gasteiger charge is -2.29. The van der Waals surface area contributed by atoms with Crippen molar-refractivity contribution < 1.29 is 14.3 Å². The molecule has 0 saturated carbocycles. The highest BCUT2D eigenvalue weighted by Gasteiger charge is 2.40. The lowest BCUT2D eigenvalue weighted by molar-refractivity contribution is -0.121. The Balaban J connectivity index is 1.46. The second-order valence-corrected chi connectivity index (χ2v) is 6.97. The van der Waals surface area contributed by atoms with E-state index in [1.807, 2.05) is 24.3 Å². The number of morpholine rings is 1. The molecule has 0 spiro atoms. The fourth-order valence-corrected chi connectivity index (χ4v) is 3.64. The van der Waals surface area contributed by atoms with Gasteiger partial charge in [-0.05, 0) is 36.4 Å². The summed E-state index contributed by atoms with van der Waals surface area (Å²) in [5.41, 5.74) is 2.36. The summed E-state index contributed by atoms with van der Waals surface area (Å²) < 4.78 is 5.37. The number of rotatable bonds is 4. The summed E-state index contributed by atoms with van der Waals surface area (Å²) in [7, 11) is 0. The van der Waals surface area contributed by atoms with Gasteiger partial charge in [0.25, 0.3) is 5.91 Å². The van der Waals surface area contributed by atoms with Gasteiger partial charge in [-0.3, -0.25) is 9.59 Å². The minimum Gasteiger partial charge on any atom is -0.378 e. The fourth-order valence-electron chi connectivity index (χ4n) is 3.42. The Bertz CT molecular complexity index is 850. The SMILES string of the molecule is O=C1CC(Nc2ccc(N3CCOCC3)cc2)C(=O)N1c1ccccc1Cl. The van der Waals surface area contributed by atoms with Gasteiger partial charge >= 0.3 is 0 Å². The normalized spacial score (nSPS) is 20.3. The molecule has 2 heterocycles. The van der Waals surface area contributed by atoms with Crippen molar-refractivity contribution in [2.24, 2.45) is 0 Å².